The van der Waals surface area contributed by atoms with Crippen molar-refractivity contribution < 1.29 is 0 Å². The van der Waals surface area contributed by atoms with Gasteiger partial charge in [0.1, 0.15) is 0 Å². The van der Waals surface area contributed by atoms with Gasteiger partial charge in [-0.25, -0.2) is 0 Å². The Hall–Kier alpha value is -0.760. The zero-order chi connectivity index (χ0) is 12.3. The van der Waals surface area contributed by atoms with Crippen LogP contribution in [0.4, 0.5) is 0 Å². The van der Waals surface area contributed by atoms with Crippen LogP contribution in [-0.2, 0) is 6.54 Å². The molecule has 1 heterocycles. The van der Waals surface area contributed by atoms with Gasteiger partial charge in [0.25, 0.3) is 0 Å². The van der Waals surface area contributed by atoms with Gasteiger partial charge in [-0.05, 0) is 49.3 Å². The van der Waals surface area contributed by atoms with Gasteiger partial charge in [-0.15, -0.1) is 0 Å². The van der Waals surface area contributed by atoms with Crippen LogP contribution in [0.25, 0.3) is 0 Å². The molecule has 2 heteroatoms. The standard InChI is InChI=1S/C15H26N2/c1-4-8-16-15(13-5-6-13)14-7-9-17(11-14)10-12(2)3/h7,9,11-13,15-16H,4-6,8,10H2,1-3H3. The topological polar surface area (TPSA) is 17.0 Å². The van der Waals surface area contributed by atoms with Crippen molar-refractivity contribution in [2.45, 2.75) is 52.6 Å². The highest BCUT2D eigenvalue weighted by Crippen LogP contribution is 2.41. The SMILES string of the molecule is CCCNC(c1ccn(CC(C)C)c1)C1CC1. The van der Waals surface area contributed by atoms with Crippen LogP contribution >= 0.6 is 0 Å². The van der Waals surface area contributed by atoms with E-state index in [0.29, 0.717) is 6.04 Å². The molecule has 1 saturated carbocycles. The molecule has 1 N–H and O–H groups in total. The van der Waals surface area contributed by atoms with E-state index in [-0.39, 0.29) is 0 Å². The lowest BCUT2D eigenvalue weighted by Crippen LogP contribution is -2.23. The molecule has 0 bridgehead atoms. The van der Waals surface area contributed by atoms with Gasteiger partial charge in [0.2, 0.25) is 0 Å². The fourth-order valence-corrected chi connectivity index (χ4v) is 2.46. The van der Waals surface area contributed by atoms with Crippen molar-refractivity contribution in [1.29, 1.82) is 0 Å². The summed E-state index contributed by atoms with van der Waals surface area (Å²) in [6.45, 7) is 9.04. The molecule has 1 atom stereocenters. The molecule has 0 spiro atoms. The molecule has 1 aliphatic carbocycles. The lowest BCUT2D eigenvalue weighted by Gasteiger charge is -2.16. The molecule has 0 amide bonds. The Morgan fingerprint density at radius 1 is 1.41 bits per heavy atom. The quantitative estimate of drug-likeness (QED) is 0.763. The minimum absolute atomic E-state index is 0.600. The Balaban J connectivity index is 1.99. The largest absolute Gasteiger partial charge is 0.354 e. The van der Waals surface area contributed by atoms with Gasteiger partial charge in [0, 0.05) is 25.0 Å². The fraction of sp³-hybridized carbons (Fsp3) is 0.733. The van der Waals surface area contributed by atoms with E-state index in [2.05, 4.69) is 49.1 Å². The van der Waals surface area contributed by atoms with Crippen LogP contribution in [0.5, 0.6) is 0 Å². The Bertz CT molecular complexity index is 336. The van der Waals surface area contributed by atoms with Gasteiger partial charge in [0.05, 0.1) is 0 Å². The second-order valence-corrected chi connectivity index (χ2v) is 5.80. The monoisotopic (exact) mass is 234 g/mol. The van der Waals surface area contributed by atoms with E-state index in [1.54, 1.807) is 0 Å². The molecule has 1 unspecified atom stereocenters. The first kappa shape index (κ1) is 12.7. The summed E-state index contributed by atoms with van der Waals surface area (Å²) in [7, 11) is 0. The number of aromatic nitrogens is 1. The van der Waals surface area contributed by atoms with Crippen LogP contribution in [-0.4, -0.2) is 11.1 Å². The first-order valence-electron chi connectivity index (χ1n) is 7.09. The van der Waals surface area contributed by atoms with Crippen molar-refractivity contribution in [2.75, 3.05) is 6.54 Å². The molecule has 1 aliphatic rings. The predicted octanol–water partition coefficient (Wildman–Crippen LogP) is 3.59. The number of hydrogen-bond acceptors (Lipinski definition) is 1. The highest BCUT2D eigenvalue weighted by atomic mass is 15.0. The van der Waals surface area contributed by atoms with Crippen molar-refractivity contribution in [3.05, 3.63) is 24.0 Å². The molecule has 17 heavy (non-hydrogen) atoms. The maximum Gasteiger partial charge on any atom is 0.0363 e. The van der Waals surface area contributed by atoms with Gasteiger partial charge in [0.15, 0.2) is 0 Å². The maximum absolute atomic E-state index is 3.70. The molecule has 96 valence electrons. The highest BCUT2D eigenvalue weighted by molar-refractivity contribution is 5.18. The lowest BCUT2D eigenvalue weighted by molar-refractivity contribution is 0.477. The van der Waals surface area contributed by atoms with E-state index < -0.39 is 0 Å². The normalized spacial score (nSPS) is 17.6. The third-order valence-electron chi connectivity index (χ3n) is 3.42. The Morgan fingerprint density at radius 3 is 2.76 bits per heavy atom. The van der Waals surface area contributed by atoms with Gasteiger partial charge in [-0.3, -0.25) is 0 Å². The molecule has 0 aliphatic heterocycles. The summed E-state index contributed by atoms with van der Waals surface area (Å²) in [5, 5.41) is 3.70. The summed E-state index contributed by atoms with van der Waals surface area (Å²) in [5.74, 6) is 1.61. The summed E-state index contributed by atoms with van der Waals surface area (Å²) in [4.78, 5) is 0. The molecule has 1 fully saturated rings. The third-order valence-corrected chi connectivity index (χ3v) is 3.42. The molecular weight excluding hydrogens is 208 g/mol. The van der Waals surface area contributed by atoms with Crippen LogP contribution in [0.3, 0.4) is 0 Å². The van der Waals surface area contributed by atoms with Crippen LogP contribution < -0.4 is 5.32 Å². The van der Waals surface area contributed by atoms with Crippen molar-refractivity contribution in [3.63, 3.8) is 0 Å². The van der Waals surface area contributed by atoms with Crippen molar-refractivity contribution in [3.8, 4) is 0 Å². The molecule has 2 rings (SSSR count). The van der Waals surface area contributed by atoms with Crippen LogP contribution in [0, 0.1) is 11.8 Å². The Kier molecular flexibility index (Phi) is 4.27. The number of nitrogens with zero attached hydrogens (tertiary/aromatic N) is 1. The van der Waals surface area contributed by atoms with E-state index >= 15 is 0 Å². The van der Waals surface area contributed by atoms with Gasteiger partial charge >= 0.3 is 0 Å². The van der Waals surface area contributed by atoms with Crippen LogP contribution in [0.15, 0.2) is 18.5 Å². The summed E-state index contributed by atoms with van der Waals surface area (Å²) >= 11 is 0. The molecule has 0 aromatic carbocycles. The number of hydrogen-bond donors (Lipinski definition) is 1. The second kappa shape index (κ2) is 5.72. The zero-order valence-electron chi connectivity index (χ0n) is 11.4. The highest BCUT2D eigenvalue weighted by Gasteiger charge is 2.32. The average Bonchev–Trinajstić information content (AvgIpc) is 3.00. The molecular formula is C15H26N2. The van der Waals surface area contributed by atoms with Gasteiger partial charge in [-0.2, -0.15) is 0 Å². The molecule has 2 nitrogen and oxygen atoms in total. The summed E-state index contributed by atoms with van der Waals surface area (Å²) in [6, 6.07) is 2.90. The first-order valence-corrected chi connectivity index (χ1v) is 7.09. The molecule has 0 radical (unpaired) electrons. The first-order chi connectivity index (χ1) is 8.20. The number of nitrogens with one attached hydrogen (secondary N) is 1. The second-order valence-electron chi connectivity index (χ2n) is 5.80. The van der Waals surface area contributed by atoms with E-state index in [1.807, 2.05) is 0 Å². The zero-order valence-corrected chi connectivity index (χ0v) is 11.4. The summed E-state index contributed by atoms with van der Waals surface area (Å²) in [6.07, 6.45) is 8.59. The van der Waals surface area contributed by atoms with Crippen LogP contribution in [0.1, 0.15) is 51.6 Å². The van der Waals surface area contributed by atoms with Crippen molar-refractivity contribution in [2.24, 2.45) is 11.8 Å². The smallest absolute Gasteiger partial charge is 0.0363 e. The van der Waals surface area contributed by atoms with E-state index in [9.17, 15) is 0 Å². The maximum atomic E-state index is 3.70. The minimum atomic E-state index is 0.600. The lowest BCUT2D eigenvalue weighted by atomic mass is 10.1. The molecule has 1 aromatic rings. The van der Waals surface area contributed by atoms with Crippen LogP contribution in [0.2, 0.25) is 0 Å². The van der Waals surface area contributed by atoms with Gasteiger partial charge < -0.3 is 9.88 Å². The molecule has 1 aromatic heterocycles. The fourth-order valence-electron chi connectivity index (χ4n) is 2.46. The molecule has 0 saturated heterocycles. The average molecular weight is 234 g/mol. The minimum Gasteiger partial charge on any atom is -0.354 e. The van der Waals surface area contributed by atoms with E-state index in [1.165, 1.54) is 24.8 Å². The Labute approximate surface area is 105 Å². The van der Waals surface area contributed by atoms with E-state index in [0.717, 1.165) is 24.9 Å². The van der Waals surface area contributed by atoms with Crippen molar-refractivity contribution in [1.82, 2.24) is 9.88 Å². The summed E-state index contributed by atoms with van der Waals surface area (Å²) in [5.41, 5.74) is 1.49. The Morgan fingerprint density at radius 2 is 2.18 bits per heavy atom. The number of rotatable bonds is 7. The van der Waals surface area contributed by atoms with E-state index in [4.69, 9.17) is 0 Å². The van der Waals surface area contributed by atoms with Gasteiger partial charge in [-0.1, -0.05) is 20.8 Å². The predicted molar refractivity (Wildman–Crippen MR) is 73.0 cm³/mol. The third kappa shape index (κ3) is 3.60. The van der Waals surface area contributed by atoms with Crippen molar-refractivity contribution >= 4 is 0 Å². The summed E-state index contributed by atoms with van der Waals surface area (Å²) < 4.78 is 2.34.